The topological polar surface area (TPSA) is 45.4 Å². The summed E-state index contributed by atoms with van der Waals surface area (Å²) < 4.78 is 5.36. The Morgan fingerprint density at radius 3 is 3.06 bits per heavy atom. The molecule has 0 aliphatic carbocycles. The van der Waals surface area contributed by atoms with Crippen LogP contribution in [0, 0.1) is 12.8 Å². The van der Waals surface area contributed by atoms with Crippen LogP contribution in [0.4, 0.5) is 0 Å². The number of hydrogen-bond acceptors (Lipinski definition) is 3. The van der Waals surface area contributed by atoms with Crippen molar-refractivity contribution in [2.75, 3.05) is 6.54 Å². The fourth-order valence-corrected chi connectivity index (χ4v) is 2.51. The summed E-state index contributed by atoms with van der Waals surface area (Å²) in [6.07, 6.45) is 4.59. The first kappa shape index (κ1) is 11.7. The third-order valence-corrected chi connectivity index (χ3v) is 3.68. The quantitative estimate of drug-likeness (QED) is 0.827. The maximum Gasteiger partial charge on any atom is 0.136 e. The molecule has 0 radical (unpaired) electrons. The Hall–Kier alpha value is -0.800. The molecule has 1 aromatic rings. The van der Waals surface area contributed by atoms with E-state index in [1.54, 1.807) is 6.26 Å². The van der Waals surface area contributed by atoms with Crippen molar-refractivity contribution in [3.63, 3.8) is 0 Å². The van der Waals surface area contributed by atoms with Crippen LogP contribution in [0.15, 0.2) is 16.7 Å². The van der Waals surface area contributed by atoms with Gasteiger partial charge in [0.05, 0.1) is 6.26 Å². The van der Waals surface area contributed by atoms with Crippen molar-refractivity contribution >= 4 is 0 Å². The molecule has 1 aliphatic heterocycles. The third kappa shape index (κ3) is 2.30. The van der Waals surface area contributed by atoms with Crippen molar-refractivity contribution in [3.8, 4) is 0 Å². The van der Waals surface area contributed by atoms with Crippen LogP contribution in [0.5, 0.6) is 0 Å². The Labute approximate surface area is 96.8 Å². The molecule has 3 atom stereocenters. The number of nitrogens with one attached hydrogen (secondary N) is 1. The van der Waals surface area contributed by atoms with E-state index in [4.69, 9.17) is 4.42 Å². The van der Waals surface area contributed by atoms with Crippen molar-refractivity contribution in [1.29, 1.82) is 0 Å². The van der Waals surface area contributed by atoms with Gasteiger partial charge in [-0.05, 0) is 43.9 Å². The van der Waals surface area contributed by atoms with E-state index >= 15 is 0 Å². The summed E-state index contributed by atoms with van der Waals surface area (Å²) in [4.78, 5) is 0. The monoisotopic (exact) mass is 223 g/mol. The smallest absolute Gasteiger partial charge is 0.136 e. The predicted molar refractivity (Wildman–Crippen MR) is 63.2 cm³/mol. The highest BCUT2D eigenvalue weighted by atomic mass is 16.4. The summed E-state index contributed by atoms with van der Waals surface area (Å²) in [5.74, 6) is 1.45. The molecule has 16 heavy (non-hydrogen) atoms. The van der Waals surface area contributed by atoms with E-state index in [0.29, 0.717) is 5.76 Å². The van der Waals surface area contributed by atoms with Gasteiger partial charge in [-0.15, -0.1) is 0 Å². The predicted octanol–water partition coefficient (Wildman–Crippen LogP) is 2.40. The fraction of sp³-hybridized carbons (Fsp3) is 0.692. The maximum absolute atomic E-state index is 10.3. The van der Waals surface area contributed by atoms with E-state index < -0.39 is 6.10 Å². The van der Waals surface area contributed by atoms with Gasteiger partial charge in [-0.2, -0.15) is 0 Å². The average Bonchev–Trinajstić information content (AvgIpc) is 2.74. The molecule has 3 heteroatoms. The van der Waals surface area contributed by atoms with Gasteiger partial charge in [0.1, 0.15) is 11.9 Å². The van der Waals surface area contributed by atoms with Crippen molar-refractivity contribution in [3.05, 3.63) is 23.7 Å². The minimum atomic E-state index is -0.510. The summed E-state index contributed by atoms with van der Waals surface area (Å²) in [5, 5.41) is 13.7. The summed E-state index contributed by atoms with van der Waals surface area (Å²) in [6.45, 7) is 5.19. The first-order valence-electron chi connectivity index (χ1n) is 6.17. The second-order valence-corrected chi connectivity index (χ2v) is 4.77. The lowest BCUT2D eigenvalue weighted by Gasteiger charge is -2.32. The SMILES string of the molecule is CCC1CCNC(C(O)c2occc2C)C1. The number of aliphatic hydroxyl groups excluding tert-OH is 1. The molecule has 0 spiro atoms. The molecule has 90 valence electrons. The minimum Gasteiger partial charge on any atom is -0.466 e. The molecule has 2 N–H and O–H groups in total. The van der Waals surface area contributed by atoms with Crippen molar-refractivity contribution in [2.24, 2.45) is 5.92 Å². The number of piperidine rings is 1. The molecule has 3 unspecified atom stereocenters. The Kier molecular flexibility index (Phi) is 3.66. The van der Waals surface area contributed by atoms with E-state index in [-0.39, 0.29) is 6.04 Å². The first-order valence-corrected chi connectivity index (χ1v) is 6.17. The van der Waals surface area contributed by atoms with Crippen LogP contribution in [-0.2, 0) is 0 Å². The Morgan fingerprint density at radius 1 is 1.62 bits per heavy atom. The summed E-state index contributed by atoms with van der Waals surface area (Å²) >= 11 is 0. The number of rotatable bonds is 3. The van der Waals surface area contributed by atoms with Crippen molar-refractivity contribution in [2.45, 2.75) is 45.3 Å². The lowest BCUT2D eigenvalue weighted by molar-refractivity contribution is 0.0785. The molecule has 1 aliphatic rings. The Balaban J connectivity index is 2.04. The molecule has 0 bridgehead atoms. The van der Waals surface area contributed by atoms with Gasteiger partial charge in [-0.25, -0.2) is 0 Å². The normalized spacial score (nSPS) is 27.9. The maximum atomic E-state index is 10.3. The van der Waals surface area contributed by atoms with Crippen LogP contribution in [0.2, 0.25) is 0 Å². The molecule has 1 fully saturated rings. The van der Waals surface area contributed by atoms with Crippen molar-refractivity contribution < 1.29 is 9.52 Å². The van der Waals surface area contributed by atoms with E-state index in [0.717, 1.165) is 24.4 Å². The minimum absolute atomic E-state index is 0.142. The second kappa shape index (κ2) is 5.02. The van der Waals surface area contributed by atoms with Crippen molar-refractivity contribution in [1.82, 2.24) is 5.32 Å². The standard InChI is InChI=1S/C13H21NO2/c1-3-10-4-6-14-11(8-10)12(15)13-9(2)5-7-16-13/h5,7,10-12,14-15H,3-4,6,8H2,1-2H3. The zero-order valence-electron chi connectivity index (χ0n) is 10.1. The van der Waals surface area contributed by atoms with Crippen LogP contribution in [-0.4, -0.2) is 17.7 Å². The average molecular weight is 223 g/mol. The highest BCUT2D eigenvalue weighted by Gasteiger charge is 2.29. The van der Waals surface area contributed by atoms with Gasteiger partial charge in [-0.3, -0.25) is 0 Å². The number of furan rings is 1. The number of aliphatic hydroxyl groups is 1. The third-order valence-electron chi connectivity index (χ3n) is 3.68. The molecule has 0 saturated carbocycles. The lowest BCUT2D eigenvalue weighted by Crippen LogP contribution is -2.42. The molecule has 1 aromatic heterocycles. The van der Waals surface area contributed by atoms with E-state index in [2.05, 4.69) is 12.2 Å². The highest BCUT2D eigenvalue weighted by Crippen LogP contribution is 2.29. The molecule has 1 saturated heterocycles. The number of hydrogen-bond donors (Lipinski definition) is 2. The molecule has 2 heterocycles. The Morgan fingerprint density at radius 2 is 2.44 bits per heavy atom. The van der Waals surface area contributed by atoms with Gasteiger partial charge in [-0.1, -0.05) is 13.3 Å². The summed E-state index contributed by atoms with van der Waals surface area (Å²) in [7, 11) is 0. The fourth-order valence-electron chi connectivity index (χ4n) is 2.51. The highest BCUT2D eigenvalue weighted by molar-refractivity contribution is 5.18. The van der Waals surface area contributed by atoms with Gasteiger partial charge in [0.2, 0.25) is 0 Å². The van der Waals surface area contributed by atoms with Gasteiger partial charge < -0.3 is 14.8 Å². The molecule has 2 rings (SSSR count). The first-order chi connectivity index (χ1) is 7.72. The molecule has 3 nitrogen and oxygen atoms in total. The summed E-state index contributed by atoms with van der Waals surface area (Å²) in [6, 6.07) is 2.04. The Bertz CT molecular complexity index is 334. The second-order valence-electron chi connectivity index (χ2n) is 4.77. The lowest BCUT2D eigenvalue weighted by atomic mass is 9.87. The molecular formula is C13H21NO2. The largest absolute Gasteiger partial charge is 0.466 e. The van der Waals surface area contributed by atoms with Crippen LogP contribution >= 0.6 is 0 Å². The molecule has 0 aromatic carbocycles. The zero-order chi connectivity index (χ0) is 11.5. The van der Waals surface area contributed by atoms with Gasteiger partial charge in [0.15, 0.2) is 0 Å². The molecular weight excluding hydrogens is 202 g/mol. The summed E-state index contributed by atoms with van der Waals surface area (Å²) in [5.41, 5.74) is 1.04. The van der Waals surface area contributed by atoms with Crippen LogP contribution in [0.3, 0.4) is 0 Å². The van der Waals surface area contributed by atoms with E-state index in [1.807, 2.05) is 13.0 Å². The van der Waals surface area contributed by atoms with Crippen LogP contribution in [0.25, 0.3) is 0 Å². The van der Waals surface area contributed by atoms with Gasteiger partial charge >= 0.3 is 0 Å². The van der Waals surface area contributed by atoms with Gasteiger partial charge in [0, 0.05) is 6.04 Å². The van der Waals surface area contributed by atoms with E-state index in [9.17, 15) is 5.11 Å². The zero-order valence-corrected chi connectivity index (χ0v) is 10.1. The van der Waals surface area contributed by atoms with E-state index in [1.165, 1.54) is 12.8 Å². The number of aryl methyl sites for hydroxylation is 1. The van der Waals surface area contributed by atoms with Gasteiger partial charge in [0.25, 0.3) is 0 Å². The molecule has 0 amide bonds. The van der Waals surface area contributed by atoms with Crippen LogP contribution < -0.4 is 5.32 Å². The van der Waals surface area contributed by atoms with Crippen LogP contribution in [0.1, 0.15) is 43.6 Å².